The first-order valence-corrected chi connectivity index (χ1v) is 11.0. The molecule has 0 aromatic heterocycles. The van der Waals surface area contributed by atoms with Gasteiger partial charge in [0.1, 0.15) is 17.1 Å². The number of phenols is 1. The predicted molar refractivity (Wildman–Crippen MR) is 121 cm³/mol. The number of carboxylic acids is 1. The van der Waals surface area contributed by atoms with Crippen LogP contribution in [-0.4, -0.2) is 92.9 Å². The number of carbonyl (C=O) groups excluding carboxylic acids is 2. The summed E-state index contributed by atoms with van der Waals surface area (Å²) in [6, 6.07) is 1.86. The van der Waals surface area contributed by atoms with E-state index in [1.54, 1.807) is 18.2 Å². The third-order valence-corrected chi connectivity index (χ3v) is 7.37. The molecule has 0 bridgehead atoms. The minimum Gasteiger partial charge on any atom is -0.508 e. The number of aliphatic carboxylic acids is 1. The van der Waals surface area contributed by atoms with E-state index in [0.717, 1.165) is 5.56 Å². The van der Waals surface area contributed by atoms with Crippen molar-refractivity contribution in [3.8, 4) is 5.75 Å². The first-order chi connectivity index (χ1) is 16.4. The molecule has 0 radical (unpaired) electrons. The van der Waals surface area contributed by atoms with E-state index in [4.69, 9.17) is 4.84 Å². The molecular weight excluding hydrogens is 460 g/mol. The SMILES string of the molecule is CON(C)Cc1ccc(O)c2c1C[C@H]1C[C@H]3[C@H](N(C)C)C(=O)C(C(=O)O)=C(O)[C@@]3(O)C(=O)C1=C2O. The molecule has 1 aromatic rings. The van der Waals surface area contributed by atoms with Crippen LogP contribution in [0.5, 0.6) is 5.75 Å². The molecular formula is C24H28N2O9. The Hall–Kier alpha value is -3.25. The highest BCUT2D eigenvalue weighted by atomic mass is 16.7. The maximum Gasteiger partial charge on any atom is 0.342 e. The number of hydroxylamine groups is 2. The molecule has 11 nitrogen and oxygen atoms in total. The maximum atomic E-state index is 13.7. The van der Waals surface area contributed by atoms with E-state index in [0.29, 0.717) is 12.1 Å². The Morgan fingerprint density at radius 3 is 2.40 bits per heavy atom. The molecule has 5 N–H and O–H groups in total. The maximum absolute atomic E-state index is 13.7. The molecule has 0 amide bonds. The highest BCUT2D eigenvalue weighted by Crippen LogP contribution is 2.53. The van der Waals surface area contributed by atoms with Gasteiger partial charge in [0.05, 0.1) is 18.7 Å². The van der Waals surface area contributed by atoms with Gasteiger partial charge < -0.3 is 30.4 Å². The average Bonchev–Trinajstić information content (AvgIpc) is 2.77. The monoisotopic (exact) mass is 488 g/mol. The lowest BCUT2D eigenvalue weighted by Gasteiger charge is -2.50. The van der Waals surface area contributed by atoms with Gasteiger partial charge in [0, 0.05) is 25.1 Å². The fourth-order valence-corrected chi connectivity index (χ4v) is 5.73. The Kier molecular flexibility index (Phi) is 6.00. The molecule has 11 heteroatoms. The summed E-state index contributed by atoms with van der Waals surface area (Å²) in [7, 11) is 6.24. The summed E-state index contributed by atoms with van der Waals surface area (Å²) in [5, 5.41) is 55.1. The summed E-state index contributed by atoms with van der Waals surface area (Å²) < 4.78 is 0. The van der Waals surface area contributed by atoms with Crippen molar-refractivity contribution in [2.45, 2.75) is 31.0 Å². The topological polar surface area (TPSA) is 168 Å². The van der Waals surface area contributed by atoms with Gasteiger partial charge in [0.2, 0.25) is 5.78 Å². The number of aliphatic hydroxyl groups excluding tert-OH is 2. The number of carbonyl (C=O) groups is 3. The van der Waals surface area contributed by atoms with Crippen LogP contribution < -0.4 is 0 Å². The number of nitrogens with zero attached hydrogens (tertiary/aromatic N) is 2. The zero-order chi connectivity index (χ0) is 26.0. The molecule has 4 atom stereocenters. The van der Waals surface area contributed by atoms with Gasteiger partial charge in [-0.25, -0.2) is 4.79 Å². The van der Waals surface area contributed by atoms with Crippen LogP contribution in [0.25, 0.3) is 5.76 Å². The van der Waals surface area contributed by atoms with E-state index in [2.05, 4.69) is 0 Å². The van der Waals surface area contributed by atoms with Crippen molar-refractivity contribution < 1.29 is 44.8 Å². The van der Waals surface area contributed by atoms with Crippen LogP contribution in [0.2, 0.25) is 0 Å². The normalized spacial score (nSPS) is 28.4. The largest absolute Gasteiger partial charge is 0.508 e. The average molecular weight is 488 g/mol. The number of hydrogen-bond acceptors (Lipinski definition) is 10. The number of aliphatic hydroxyl groups is 3. The molecule has 35 heavy (non-hydrogen) atoms. The molecule has 1 aromatic carbocycles. The highest BCUT2D eigenvalue weighted by Gasteiger charge is 2.64. The number of likely N-dealkylation sites (N-methyl/N-ethyl adjacent to an activating group) is 1. The van der Waals surface area contributed by atoms with E-state index in [1.165, 1.54) is 32.2 Å². The summed E-state index contributed by atoms with van der Waals surface area (Å²) in [6.45, 7) is 0.320. The predicted octanol–water partition coefficient (Wildman–Crippen LogP) is 0.557. The minimum atomic E-state index is -2.72. The smallest absolute Gasteiger partial charge is 0.342 e. The molecule has 3 aliphatic rings. The number of phenolic OH excluding ortho intramolecular Hbond substituents is 1. The van der Waals surface area contributed by atoms with Crippen LogP contribution in [0.15, 0.2) is 29.0 Å². The summed E-state index contributed by atoms with van der Waals surface area (Å²) in [5.41, 5.74) is -2.64. The molecule has 0 aliphatic heterocycles. The first-order valence-electron chi connectivity index (χ1n) is 11.0. The lowest BCUT2D eigenvalue weighted by Crippen LogP contribution is -2.65. The second-order valence-electron chi connectivity index (χ2n) is 9.47. The fourth-order valence-electron chi connectivity index (χ4n) is 5.73. The van der Waals surface area contributed by atoms with Crippen LogP contribution in [0.3, 0.4) is 0 Å². The number of Topliss-reactive ketones (excluding diaryl/α,β-unsaturated/α-hetero) is 2. The second kappa shape index (κ2) is 8.45. The van der Waals surface area contributed by atoms with Gasteiger partial charge in [-0.1, -0.05) is 6.07 Å². The third kappa shape index (κ3) is 3.46. The zero-order valence-electron chi connectivity index (χ0n) is 19.8. The summed E-state index contributed by atoms with van der Waals surface area (Å²) in [5.74, 6) is -7.62. The molecule has 1 saturated carbocycles. The van der Waals surface area contributed by atoms with Crippen LogP contribution in [-0.2, 0) is 32.2 Å². The van der Waals surface area contributed by atoms with Crippen molar-refractivity contribution in [2.75, 3.05) is 28.3 Å². The lowest BCUT2D eigenvalue weighted by atomic mass is 9.57. The highest BCUT2D eigenvalue weighted by molar-refractivity contribution is 6.23. The van der Waals surface area contributed by atoms with Crippen LogP contribution in [0, 0.1) is 11.8 Å². The molecule has 0 unspecified atom stereocenters. The molecule has 3 aliphatic carbocycles. The van der Waals surface area contributed by atoms with Crippen LogP contribution >= 0.6 is 0 Å². The van der Waals surface area contributed by atoms with Gasteiger partial charge in [0.15, 0.2) is 17.1 Å². The standard InChI is InChI=1S/C24H28N2O9/c1-25(2)18-13-8-11-7-12-10(9-26(3)35-4)5-6-14(27)16(12)19(28)15(11)21(30)24(13,34)22(31)17(20(18)29)23(32)33/h5-6,11,13,18,27-28,31,34H,7-9H2,1-4H3,(H,32,33)/t11-,13-,18-,24-/m0/s1. The summed E-state index contributed by atoms with van der Waals surface area (Å²) >= 11 is 0. The van der Waals surface area contributed by atoms with Gasteiger partial charge in [-0.3, -0.25) is 14.5 Å². The first kappa shape index (κ1) is 24.9. The Balaban J connectivity index is 1.94. The van der Waals surface area contributed by atoms with E-state index in [1.807, 2.05) is 0 Å². The molecule has 0 saturated heterocycles. The Morgan fingerprint density at radius 2 is 1.83 bits per heavy atom. The lowest BCUT2D eigenvalue weighted by molar-refractivity contribution is -0.155. The van der Waals surface area contributed by atoms with Gasteiger partial charge >= 0.3 is 5.97 Å². The number of aromatic hydroxyl groups is 1. The molecule has 1 fully saturated rings. The number of carboxylic acid groups (broad SMARTS) is 1. The second-order valence-corrected chi connectivity index (χ2v) is 9.47. The number of ketones is 2. The number of hydrogen-bond donors (Lipinski definition) is 5. The van der Waals surface area contributed by atoms with Crippen molar-refractivity contribution in [1.29, 1.82) is 0 Å². The van der Waals surface area contributed by atoms with Crippen molar-refractivity contribution >= 4 is 23.3 Å². The van der Waals surface area contributed by atoms with Gasteiger partial charge in [-0.15, -0.1) is 0 Å². The number of rotatable bonds is 5. The van der Waals surface area contributed by atoms with Crippen LogP contribution in [0.4, 0.5) is 0 Å². The molecule has 0 heterocycles. The van der Waals surface area contributed by atoms with Gasteiger partial charge in [-0.05, 0) is 50.0 Å². The van der Waals surface area contributed by atoms with Crippen LogP contribution in [0.1, 0.15) is 23.1 Å². The zero-order valence-corrected chi connectivity index (χ0v) is 19.8. The Labute approximate surface area is 201 Å². The molecule has 0 spiro atoms. The van der Waals surface area contributed by atoms with Crippen molar-refractivity contribution in [3.05, 3.63) is 45.7 Å². The van der Waals surface area contributed by atoms with Crippen molar-refractivity contribution in [3.63, 3.8) is 0 Å². The molecule has 4 rings (SSSR count). The van der Waals surface area contributed by atoms with Gasteiger partial charge in [0.25, 0.3) is 0 Å². The van der Waals surface area contributed by atoms with Crippen molar-refractivity contribution in [2.24, 2.45) is 11.8 Å². The number of benzene rings is 1. The van der Waals surface area contributed by atoms with E-state index in [9.17, 15) is 39.9 Å². The fraction of sp³-hybridized carbons (Fsp3) is 0.458. The Morgan fingerprint density at radius 1 is 1.17 bits per heavy atom. The number of fused-ring (bicyclic) bond motifs is 3. The summed E-state index contributed by atoms with van der Waals surface area (Å²) in [6.07, 6.45) is 0.209. The van der Waals surface area contributed by atoms with E-state index in [-0.39, 0.29) is 29.7 Å². The Bertz CT molecular complexity index is 1200. The quantitative estimate of drug-likeness (QED) is 0.290. The summed E-state index contributed by atoms with van der Waals surface area (Å²) in [4.78, 5) is 45.1. The minimum absolute atomic E-state index is 0.00182. The van der Waals surface area contributed by atoms with Gasteiger partial charge in [-0.2, -0.15) is 5.06 Å². The van der Waals surface area contributed by atoms with Crippen molar-refractivity contribution in [1.82, 2.24) is 9.96 Å². The van der Waals surface area contributed by atoms with E-state index < -0.39 is 58.1 Å². The molecule has 188 valence electrons. The van der Waals surface area contributed by atoms with E-state index >= 15 is 0 Å². The third-order valence-electron chi connectivity index (χ3n) is 7.37.